The van der Waals surface area contributed by atoms with E-state index in [1.54, 1.807) is 5.38 Å². The molecule has 2 heterocycles. The van der Waals surface area contributed by atoms with E-state index < -0.39 is 10.0 Å². The molecule has 0 unspecified atom stereocenters. The summed E-state index contributed by atoms with van der Waals surface area (Å²) in [5, 5.41) is 13.7. The van der Waals surface area contributed by atoms with Crippen LogP contribution in [0.4, 0.5) is 5.00 Å². The van der Waals surface area contributed by atoms with E-state index in [9.17, 15) is 8.42 Å². The van der Waals surface area contributed by atoms with Gasteiger partial charge in [-0.3, -0.25) is 0 Å². The first kappa shape index (κ1) is 8.67. The smallest absolute Gasteiger partial charge is 0.286 e. The monoisotopic (exact) mass is 218 g/mol. The average Bonchev–Trinajstić information content (AvgIpc) is 2.48. The van der Waals surface area contributed by atoms with Crippen molar-refractivity contribution in [3.63, 3.8) is 0 Å². The Balaban J connectivity index is 2.71. The summed E-state index contributed by atoms with van der Waals surface area (Å²) in [5.41, 5.74) is 0.393. The van der Waals surface area contributed by atoms with Gasteiger partial charge in [-0.15, -0.1) is 15.7 Å². The van der Waals surface area contributed by atoms with Crippen molar-refractivity contribution in [2.75, 3.05) is 5.32 Å². The quantitative estimate of drug-likeness (QED) is 0.714. The van der Waals surface area contributed by atoms with Crippen molar-refractivity contribution in [1.29, 1.82) is 0 Å². The Labute approximate surface area is 78.8 Å². The third-order valence-electron chi connectivity index (χ3n) is 1.63. The van der Waals surface area contributed by atoms with Gasteiger partial charge in [0.2, 0.25) is 0 Å². The van der Waals surface area contributed by atoms with E-state index in [-0.39, 0.29) is 11.5 Å². The van der Waals surface area contributed by atoms with Crippen molar-refractivity contribution >= 4 is 32.7 Å². The number of thiophene rings is 1. The fourth-order valence-electron chi connectivity index (χ4n) is 1.08. The highest BCUT2D eigenvalue weighted by molar-refractivity contribution is 7.90. The molecule has 0 saturated heterocycles. The van der Waals surface area contributed by atoms with Crippen LogP contribution in [-0.4, -0.2) is 19.9 Å². The van der Waals surface area contributed by atoms with Gasteiger partial charge in [0.15, 0.2) is 0 Å². The van der Waals surface area contributed by atoms with Crippen molar-refractivity contribution in [1.82, 2.24) is 0 Å². The van der Waals surface area contributed by atoms with Crippen LogP contribution in [0.1, 0.15) is 5.56 Å². The zero-order valence-electron chi connectivity index (χ0n) is 6.39. The molecule has 2 N–H and O–H groups in total. The number of fused-ring (bicyclic) bond motifs is 1. The molecule has 5 nitrogen and oxygen atoms in total. The third kappa shape index (κ3) is 1.25. The first-order valence-corrected chi connectivity index (χ1v) is 5.73. The van der Waals surface area contributed by atoms with E-state index in [0.29, 0.717) is 10.6 Å². The number of nitrogens with one attached hydrogen (secondary N) is 1. The first-order chi connectivity index (χ1) is 6.15. The molecule has 1 aliphatic heterocycles. The maximum atomic E-state index is 11.4. The number of sulfonamides is 1. The predicted octanol–water partition coefficient (Wildman–Crippen LogP) is 0.383. The number of rotatable bonds is 1. The predicted molar refractivity (Wildman–Crippen MR) is 49.5 cm³/mol. The third-order valence-corrected chi connectivity index (χ3v) is 4.09. The molecule has 0 bridgehead atoms. The van der Waals surface area contributed by atoms with Crippen LogP contribution >= 0.6 is 11.3 Å². The fourth-order valence-corrected chi connectivity index (χ4v) is 3.47. The Morgan fingerprint density at radius 3 is 3.08 bits per heavy atom. The highest BCUT2D eigenvalue weighted by Gasteiger charge is 2.25. The van der Waals surface area contributed by atoms with Gasteiger partial charge in [-0.1, -0.05) is 0 Å². The van der Waals surface area contributed by atoms with Crippen molar-refractivity contribution in [2.24, 2.45) is 4.40 Å². The number of nitrogens with zero attached hydrogens (tertiary/aromatic N) is 1. The normalized spacial score (nSPS) is 17.9. The van der Waals surface area contributed by atoms with Crippen molar-refractivity contribution in [3.8, 4) is 0 Å². The maximum Gasteiger partial charge on any atom is 0.286 e. The molecule has 7 heteroatoms. The Kier molecular flexibility index (Phi) is 1.86. The van der Waals surface area contributed by atoms with Crippen LogP contribution in [0.3, 0.4) is 0 Å². The minimum atomic E-state index is -3.58. The number of aliphatic hydroxyl groups is 1. The van der Waals surface area contributed by atoms with Crippen LogP contribution in [0, 0.1) is 0 Å². The van der Waals surface area contributed by atoms with E-state index >= 15 is 0 Å². The van der Waals surface area contributed by atoms with E-state index in [4.69, 9.17) is 5.11 Å². The molecule has 0 aromatic carbocycles. The minimum Gasteiger partial charge on any atom is -0.392 e. The molecule has 0 aliphatic carbocycles. The summed E-state index contributed by atoms with van der Waals surface area (Å²) in [7, 11) is -3.58. The second-order valence-corrected chi connectivity index (χ2v) is 4.88. The summed E-state index contributed by atoms with van der Waals surface area (Å²) in [6.45, 7) is -0.289. The van der Waals surface area contributed by atoms with Crippen LogP contribution in [0.15, 0.2) is 14.7 Å². The van der Waals surface area contributed by atoms with Crippen LogP contribution in [0.2, 0.25) is 0 Å². The Morgan fingerprint density at radius 1 is 1.62 bits per heavy atom. The largest absolute Gasteiger partial charge is 0.392 e. The van der Waals surface area contributed by atoms with Crippen LogP contribution in [-0.2, 0) is 16.6 Å². The van der Waals surface area contributed by atoms with Crippen molar-refractivity contribution in [2.45, 2.75) is 11.5 Å². The molecule has 2 rings (SSSR count). The van der Waals surface area contributed by atoms with Gasteiger partial charge in [-0.05, 0) is 5.38 Å². The number of hydrogen-bond donors (Lipinski definition) is 2. The molecule has 0 saturated carbocycles. The summed E-state index contributed by atoms with van der Waals surface area (Å²) < 4.78 is 26.1. The topological polar surface area (TPSA) is 78.8 Å². The Bertz CT molecular complexity index is 460. The van der Waals surface area contributed by atoms with Crippen LogP contribution < -0.4 is 5.32 Å². The first-order valence-electron chi connectivity index (χ1n) is 3.42. The van der Waals surface area contributed by atoms with E-state index in [0.717, 1.165) is 6.34 Å². The lowest BCUT2D eigenvalue weighted by atomic mass is 10.3. The van der Waals surface area contributed by atoms with E-state index in [2.05, 4.69) is 9.71 Å². The summed E-state index contributed by atoms with van der Waals surface area (Å²) in [4.78, 5) is 0.0995. The molecule has 0 fully saturated rings. The van der Waals surface area contributed by atoms with Gasteiger partial charge in [0.05, 0.1) is 6.61 Å². The lowest BCUT2D eigenvalue weighted by Crippen LogP contribution is -2.10. The molecule has 0 amide bonds. The maximum absolute atomic E-state index is 11.4. The fraction of sp³-hybridized carbons (Fsp3) is 0.167. The molecule has 0 radical (unpaired) electrons. The molecule has 1 aromatic rings. The highest BCUT2D eigenvalue weighted by atomic mass is 32.2. The zero-order valence-corrected chi connectivity index (χ0v) is 8.02. The number of anilines is 1. The molecule has 13 heavy (non-hydrogen) atoms. The van der Waals surface area contributed by atoms with Gasteiger partial charge < -0.3 is 10.4 Å². The number of hydrogen-bond acceptors (Lipinski definition) is 5. The Morgan fingerprint density at radius 2 is 2.38 bits per heavy atom. The molecular formula is C6H6N2O3S2. The molecular weight excluding hydrogens is 212 g/mol. The molecule has 1 aromatic heterocycles. The summed E-state index contributed by atoms with van der Waals surface area (Å²) >= 11 is 1.24. The average molecular weight is 218 g/mol. The Hall–Kier alpha value is -0.920. The van der Waals surface area contributed by atoms with Gasteiger partial charge >= 0.3 is 0 Å². The second-order valence-electron chi connectivity index (χ2n) is 2.43. The van der Waals surface area contributed by atoms with Gasteiger partial charge in [-0.25, -0.2) is 0 Å². The summed E-state index contributed by atoms with van der Waals surface area (Å²) in [6, 6.07) is 0. The van der Waals surface area contributed by atoms with Gasteiger partial charge in [-0.2, -0.15) is 8.42 Å². The standard InChI is InChI=1S/C6H6N2O3S2/c9-1-4-2-12-6-5(4)13(10,11)8-3-7-6/h2-3,9H,1H2,(H,7,8). The lowest BCUT2D eigenvalue weighted by Gasteiger charge is -2.07. The van der Waals surface area contributed by atoms with Crippen molar-refractivity contribution < 1.29 is 13.5 Å². The van der Waals surface area contributed by atoms with Gasteiger partial charge in [0.1, 0.15) is 16.2 Å². The van der Waals surface area contributed by atoms with Gasteiger partial charge in [0.25, 0.3) is 10.0 Å². The highest BCUT2D eigenvalue weighted by Crippen LogP contribution is 2.35. The number of aliphatic hydroxyl groups excluding tert-OH is 1. The SMILES string of the molecule is O=S1(=O)N=CNc2scc(CO)c21. The lowest BCUT2D eigenvalue weighted by molar-refractivity contribution is 0.279. The molecule has 70 valence electrons. The zero-order chi connectivity index (χ0) is 9.47. The van der Waals surface area contributed by atoms with Gasteiger partial charge in [0, 0.05) is 5.56 Å². The molecule has 1 aliphatic rings. The molecule has 0 spiro atoms. The van der Waals surface area contributed by atoms with E-state index in [1.165, 1.54) is 11.3 Å². The van der Waals surface area contributed by atoms with Crippen molar-refractivity contribution in [3.05, 3.63) is 10.9 Å². The second kappa shape index (κ2) is 2.79. The van der Waals surface area contributed by atoms with Crippen LogP contribution in [0.25, 0.3) is 0 Å². The van der Waals surface area contributed by atoms with Crippen LogP contribution in [0.5, 0.6) is 0 Å². The minimum absolute atomic E-state index is 0.0995. The van der Waals surface area contributed by atoms with E-state index in [1.807, 2.05) is 0 Å². The molecule has 0 atom stereocenters. The summed E-state index contributed by atoms with van der Waals surface area (Å²) in [6.07, 6.45) is 1.13. The summed E-state index contributed by atoms with van der Waals surface area (Å²) in [5.74, 6) is 0.